The van der Waals surface area contributed by atoms with Crippen LogP contribution in [0.15, 0.2) is 60.4 Å². The molecule has 7 heteroatoms. The molecule has 0 saturated carbocycles. The number of benzene rings is 1. The van der Waals surface area contributed by atoms with Gasteiger partial charge < -0.3 is 19.7 Å². The van der Waals surface area contributed by atoms with Crippen LogP contribution >= 0.6 is 23.4 Å². The minimum Gasteiger partial charge on any atom is -0.498 e. The molecule has 0 amide bonds. The summed E-state index contributed by atoms with van der Waals surface area (Å²) in [4.78, 5) is 2.30. The van der Waals surface area contributed by atoms with Gasteiger partial charge in [0.2, 0.25) is 0 Å². The number of allylic oxidation sites excluding steroid dienone is 5. The van der Waals surface area contributed by atoms with Gasteiger partial charge in [-0.1, -0.05) is 44.2 Å². The molecule has 1 saturated heterocycles. The van der Waals surface area contributed by atoms with Crippen molar-refractivity contribution in [2.45, 2.75) is 38.4 Å². The van der Waals surface area contributed by atoms with Gasteiger partial charge in [-0.2, -0.15) is 11.8 Å². The number of ether oxygens (including phenoxy) is 2. The average molecular weight is 496 g/mol. The Hall–Kier alpha value is -1.44. The first-order valence-electron chi connectivity index (χ1n) is 11.4. The van der Waals surface area contributed by atoms with Crippen LogP contribution in [0.25, 0.3) is 0 Å². The number of thioether (sulfide) groups is 1. The molecule has 2 rings (SSSR count). The molecular weight excluding hydrogens is 458 g/mol. The van der Waals surface area contributed by atoms with Gasteiger partial charge >= 0.3 is 0 Å². The van der Waals surface area contributed by atoms with E-state index in [4.69, 9.17) is 21.1 Å². The number of hydrogen-bond acceptors (Lipinski definition) is 6. The van der Waals surface area contributed by atoms with Gasteiger partial charge in [-0.25, -0.2) is 0 Å². The second-order valence-electron chi connectivity index (χ2n) is 8.62. The van der Waals surface area contributed by atoms with Crippen LogP contribution in [0.2, 0.25) is 0 Å². The summed E-state index contributed by atoms with van der Waals surface area (Å²) in [6, 6.07) is 8.05. The van der Waals surface area contributed by atoms with Gasteiger partial charge in [-0.3, -0.25) is 4.90 Å². The third-order valence-corrected chi connectivity index (χ3v) is 6.87. The van der Waals surface area contributed by atoms with Gasteiger partial charge in [0.1, 0.15) is 31.2 Å². The van der Waals surface area contributed by atoms with Crippen LogP contribution in [0, 0.1) is 0 Å². The van der Waals surface area contributed by atoms with Crippen molar-refractivity contribution in [2.24, 2.45) is 0 Å². The standard InChI is InChI=1S/C26H38ClNO4S/c1-4-6-21(7-5-14-31-19-23(29)17-27)26(2,3)22-8-10-25(11-9-22)32-20-24(30)18-28-12-15-33-16-13-28/h4-11,14,23-24,29-30H,12-13,15-20H2,1-3H3/b6-4+,14-5+,21-7+/t23-,24-/m0/s1. The largest absolute Gasteiger partial charge is 0.498 e. The number of rotatable bonds is 13. The number of aliphatic hydroxyl groups excluding tert-OH is 2. The Kier molecular flexibility index (Phi) is 12.4. The van der Waals surface area contributed by atoms with Crippen LogP contribution in [0.5, 0.6) is 5.75 Å². The van der Waals surface area contributed by atoms with E-state index in [-0.39, 0.29) is 17.9 Å². The highest BCUT2D eigenvalue weighted by Crippen LogP contribution is 2.33. The van der Waals surface area contributed by atoms with Crippen molar-refractivity contribution >= 4 is 23.4 Å². The molecule has 0 bridgehead atoms. The normalized spacial score (nSPS) is 18.1. The van der Waals surface area contributed by atoms with Crippen LogP contribution in [0.4, 0.5) is 0 Å². The van der Waals surface area contributed by atoms with E-state index < -0.39 is 12.2 Å². The lowest BCUT2D eigenvalue weighted by Crippen LogP contribution is -2.40. The van der Waals surface area contributed by atoms with Gasteiger partial charge in [0.05, 0.1) is 12.1 Å². The Morgan fingerprint density at radius 2 is 1.85 bits per heavy atom. The topological polar surface area (TPSA) is 62.2 Å². The first kappa shape index (κ1) is 27.8. The van der Waals surface area contributed by atoms with Crippen LogP contribution in [0.3, 0.4) is 0 Å². The number of alkyl halides is 1. The highest BCUT2D eigenvalue weighted by molar-refractivity contribution is 7.99. The maximum absolute atomic E-state index is 10.3. The van der Waals surface area contributed by atoms with Crippen molar-refractivity contribution in [3.8, 4) is 5.75 Å². The minimum absolute atomic E-state index is 0.150. The zero-order chi connectivity index (χ0) is 24.1. The fraction of sp³-hybridized carbons (Fsp3) is 0.538. The van der Waals surface area contributed by atoms with E-state index in [0.717, 1.165) is 41.5 Å². The molecule has 0 radical (unpaired) electrons. The van der Waals surface area contributed by atoms with Crippen molar-refractivity contribution in [3.63, 3.8) is 0 Å². The Balaban J connectivity index is 1.94. The smallest absolute Gasteiger partial charge is 0.119 e. The average Bonchev–Trinajstić information content (AvgIpc) is 2.82. The van der Waals surface area contributed by atoms with Crippen molar-refractivity contribution in [1.82, 2.24) is 4.90 Å². The van der Waals surface area contributed by atoms with Crippen molar-refractivity contribution in [2.75, 3.05) is 50.2 Å². The monoisotopic (exact) mass is 495 g/mol. The molecule has 1 aromatic rings. The zero-order valence-corrected chi connectivity index (χ0v) is 21.5. The van der Waals surface area contributed by atoms with E-state index in [2.05, 4.69) is 37.0 Å². The molecule has 184 valence electrons. The summed E-state index contributed by atoms with van der Waals surface area (Å²) in [5, 5.41) is 19.8. The summed E-state index contributed by atoms with van der Waals surface area (Å²) in [5.41, 5.74) is 2.03. The van der Waals surface area contributed by atoms with E-state index in [1.165, 1.54) is 0 Å². The number of β-amino-alcohol motifs (C(OH)–C–C–N with tert-alkyl or cyclic N) is 1. The quantitative estimate of drug-likeness (QED) is 0.240. The van der Waals surface area contributed by atoms with E-state index in [1.54, 1.807) is 6.26 Å². The van der Waals surface area contributed by atoms with Crippen molar-refractivity contribution < 1.29 is 19.7 Å². The summed E-state index contributed by atoms with van der Waals surface area (Å²) in [5.74, 6) is 3.17. The Morgan fingerprint density at radius 3 is 2.48 bits per heavy atom. The van der Waals surface area contributed by atoms with Crippen molar-refractivity contribution in [3.05, 3.63) is 66.0 Å². The third kappa shape index (κ3) is 9.75. The molecule has 0 aliphatic carbocycles. The molecule has 1 heterocycles. The van der Waals surface area contributed by atoms with E-state index in [0.29, 0.717) is 13.2 Å². The van der Waals surface area contributed by atoms with Crippen LogP contribution in [0.1, 0.15) is 26.3 Å². The highest BCUT2D eigenvalue weighted by Gasteiger charge is 2.24. The first-order chi connectivity index (χ1) is 15.9. The second-order valence-corrected chi connectivity index (χ2v) is 10.2. The van der Waals surface area contributed by atoms with Crippen molar-refractivity contribution in [1.29, 1.82) is 0 Å². The summed E-state index contributed by atoms with van der Waals surface area (Å²) in [7, 11) is 0. The fourth-order valence-corrected chi connectivity index (χ4v) is 4.59. The molecule has 33 heavy (non-hydrogen) atoms. The number of halogens is 1. The van der Waals surface area contributed by atoms with Crippen LogP contribution < -0.4 is 4.74 Å². The van der Waals surface area contributed by atoms with Crippen LogP contribution in [-0.4, -0.2) is 77.6 Å². The Bertz CT molecular complexity index is 773. The predicted octanol–water partition coefficient (Wildman–Crippen LogP) is 4.39. The molecule has 1 aliphatic heterocycles. The zero-order valence-electron chi connectivity index (χ0n) is 20.0. The maximum Gasteiger partial charge on any atom is 0.119 e. The minimum atomic E-state index is -0.669. The fourth-order valence-electron chi connectivity index (χ4n) is 3.52. The van der Waals surface area contributed by atoms with E-state index >= 15 is 0 Å². The second kappa shape index (κ2) is 14.7. The molecule has 1 aromatic carbocycles. The molecule has 0 unspecified atom stereocenters. The van der Waals surface area contributed by atoms with E-state index in [9.17, 15) is 10.2 Å². The van der Waals surface area contributed by atoms with Gasteiger partial charge in [0, 0.05) is 36.6 Å². The van der Waals surface area contributed by atoms with Gasteiger partial charge in [-0.15, -0.1) is 11.6 Å². The summed E-state index contributed by atoms with van der Waals surface area (Å²) in [6.07, 6.45) is 8.34. The van der Waals surface area contributed by atoms with Gasteiger partial charge in [0.25, 0.3) is 0 Å². The molecule has 2 atom stereocenters. The molecule has 2 N–H and O–H groups in total. The summed E-state index contributed by atoms with van der Waals surface area (Å²) in [6.45, 7) is 9.51. The Morgan fingerprint density at radius 1 is 1.15 bits per heavy atom. The number of nitrogens with zero attached hydrogens (tertiary/aromatic N) is 1. The van der Waals surface area contributed by atoms with Crippen LogP contribution in [-0.2, 0) is 10.2 Å². The number of aliphatic hydroxyl groups is 2. The molecule has 0 aromatic heterocycles. The molecule has 0 spiro atoms. The van der Waals surface area contributed by atoms with Gasteiger partial charge in [-0.05, 0) is 36.3 Å². The first-order valence-corrected chi connectivity index (χ1v) is 13.1. The maximum atomic E-state index is 10.3. The molecule has 1 aliphatic rings. The highest BCUT2D eigenvalue weighted by atomic mass is 35.5. The Labute approximate surface area is 208 Å². The molecule has 5 nitrogen and oxygen atoms in total. The lowest BCUT2D eigenvalue weighted by atomic mass is 9.77. The SMILES string of the molecule is C/C=C/C(=C\C=C\OC[C@@H](O)CCl)C(C)(C)c1ccc(OC[C@@H](O)CN2CCSCC2)cc1. The van der Waals surface area contributed by atoms with Gasteiger partial charge in [0.15, 0.2) is 0 Å². The third-order valence-electron chi connectivity index (χ3n) is 5.58. The summed E-state index contributed by atoms with van der Waals surface area (Å²) < 4.78 is 11.2. The molecular formula is C26H38ClNO4S. The van der Waals surface area contributed by atoms with E-state index in [1.807, 2.05) is 49.0 Å². The lowest BCUT2D eigenvalue weighted by Gasteiger charge is -2.28. The lowest BCUT2D eigenvalue weighted by molar-refractivity contribution is 0.0715. The predicted molar refractivity (Wildman–Crippen MR) is 139 cm³/mol. The number of hydrogen-bond donors (Lipinski definition) is 2. The summed E-state index contributed by atoms with van der Waals surface area (Å²) >= 11 is 7.54. The molecule has 1 fully saturated rings.